The summed E-state index contributed by atoms with van der Waals surface area (Å²) in [5, 5.41) is 9.18. The van der Waals surface area contributed by atoms with Gasteiger partial charge in [0.1, 0.15) is 0 Å². The van der Waals surface area contributed by atoms with Gasteiger partial charge in [0.05, 0.1) is 11.8 Å². The van der Waals surface area contributed by atoms with Crippen LogP contribution in [0.15, 0.2) is 0 Å². The van der Waals surface area contributed by atoms with Crippen LogP contribution in [0.3, 0.4) is 0 Å². The summed E-state index contributed by atoms with van der Waals surface area (Å²) in [7, 11) is 0. The van der Waals surface area contributed by atoms with Crippen molar-refractivity contribution < 1.29 is 14.7 Å². The molecule has 0 aliphatic carbocycles. The van der Waals surface area contributed by atoms with Crippen LogP contribution in [0.4, 0.5) is 0 Å². The fourth-order valence-electron chi connectivity index (χ4n) is 1.87. The Morgan fingerprint density at radius 3 is 2.00 bits per heavy atom. The highest BCUT2D eigenvalue weighted by Gasteiger charge is 2.41. The smallest absolute Gasteiger partial charge is 0.307 e. The SMILES string of the molecule is CCC(C(N)=O)C(C(=O)O)C(C)(C)CC. The minimum absolute atomic E-state index is 0.415. The molecule has 3 N–H and O–H groups in total. The minimum atomic E-state index is -0.937. The minimum Gasteiger partial charge on any atom is -0.481 e. The van der Waals surface area contributed by atoms with Crippen LogP contribution in [0.25, 0.3) is 0 Å². The molecule has 0 aliphatic rings. The third kappa shape index (κ3) is 3.22. The number of carbonyl (C=O) groups is 2. The predicted octanol–water partition coefficient (Wildman–Crippen LogP) is 1.63. The second-order valence-electron chi connectivity index (χ2n) is 4.58. The summed E-state index contributed by atoms with van der Waals surface area (Å²) >= 11 is 0. The molecular weight excluding hydrogens is 194 g/mol. The Balaban J connectivity index is 5.12. The van der Waals surface area contributed by atoms with Crippen molar-refractivity contribution in [3.8, 4) is 0 Å². The summed E-state index contributed by atoms with van der Waals surface area (Å²) in [6, 6.07) is 0. The number of carbonyl (C=O) groups excluding carboxylic acids is 1. The summed E-state index contributed by atoms with van der Waals surface area (Å²) < 4.78 is 0. The molecule has 0 aromatic heterocycles. The van der Waals surface area contributed by atoms with E-state index in [0.29, 0.717) is 12.8 Å². The lowest BCUT2D eigenvalue weighted by Crippen LogP contribution is -2.42. The average molecular weight is 215 g/mol. The van der Waals surface area contributed by atoms with Crippen molar-refractivity contribution in [1.29, 1.82) is 0 Å². The summed E-state index contributed by atoms with van der Waals surface area (Å²) in [4.78, 5) is 22.4. The molecule has 0 rings (SSSR count). The first-order valence-electron chi connectivity index (χ1n) is 5.30. The van der Waals surface area contributed by atoms with Crippen molar-refractivity contribution >= 4 is 11.9 Å². The molecule has 0 spiro atoms. The van der Waals surface area contributed by atoms with Crippen molar-refractivity contribution in [2.75, 3.05) is 0 Å². The highest BCUT2D eigenvalue weighted by Crippen LogP contribution is 2.37. The summed E-state index contributed by atoms with van der Waals surface area (Å²) in [5.41, 5.74) is 4.82. The highest BCUT2D eigenvalue weighted by atomic mass is 16.4. The summed E-state index contributed by atoms with van der Waals surface area (Å²) in [5.74, 6) is -2.75. The van der Waals surface area contributed by atoms with E-state index in [4.69, 9.17) is 5.73 Å². The van der Waals surface area contributed by atoms with E-state index in [9.17, 15) is 14.7 Å². The molecule has 0 saturated heterocycles. The molecule has 2 atom stereocenters. The van der Waals surface area contributed by atoms with E-state index in [1.54, 1.807) is 6.92 Å². The van der Waals surface area contributed by atoms with Gasteiger partial charge in [-0.2, -0.15) is 0 Å². The largest absolute Gasteiger partial charge is 0.481 e. The van der Waals surface area contributed by atoms with Gasteiger partial charge in [-0.1, -0.05) is 34.1 Å². The monoisotopic (exact) mass is 215 g/mol. The number of carboxylic acids is 1. The number of carboxylic acid groups (broad SMARTS) is 1. The molecule has 0 fully saturated rings. The van der Waals surface area contributed by atoms with Crippen molar-refractivity contribution in [3.05, 3.63) is 0 Å². The molecule has 0 aromatic rings. The first-order chi connectivity index (χ1) is 6.77. The maximum absolute atomic E-state index is 11.2. The van der Waals surface area contributed by atoms with Crippen LogP contribution in [0.1, 0.15) is 40.5 Å². The lowest BCUT2D eigenvalue weighted by Gasteiger charge is -2.34. The van der Waals surface area contributed by atoms with Crippen molar-refractivity contribution in [2.45, 2.75) is 40.5 Å². The first kappa shape index (κ1) is 13.9. The van der Waals surface area contributed by atoms with E-state index in [1.165, 1.54) is 0 Å². The van der Waals surface area contributed by atoms with Crippen molar-refractivity contribution in [1.82, 2.24) is 0 Å². The number of amides is 1. The van der Waals surface area contributed by atoms with Gasteiger partial charge in [-0.15, -0.1) is 0 Å². The quantitative estimate of drug-likeness (QED) is 0.706. The zero-order valence-corrected chi connectivity index (χ0v) is 9.91. The Bertz CT molecular complexity index is 248. The van der Waals surface area contributed by atoms with E-state index >= 15 is 0 Å². The Kier molecular flexibility index (Phi) is 4.78. The summed E-state index contributed by atoms with van der Waals surface area (Å²) in [6.07, 6.45) is 1.17. The van der Waals surface area contributed by atoms with Crippen LogP contribution in [0, 0.1) is 17.3 Å². The van der Waals surface area contributed by atoms with Crippen LogP contribution in [0.5, 0.6) is 0 Å². The number of aliphatic carboxylic acids is 1. The van der Waals surface area contributed by atoms with Crippen molar-refractivity contribution in [3.63, 3.8) is 0 Å². The third-order valence-electron chi connectivity index (χ3n) is 3.23. The Morgan fingerprint density at radius 1 is 1.33 bits per heavy atom. The van der Waals surface area contributed by atoms with Gasteiger partial charge in [0.2, 0.25) is 5.91 Å². The third-order valence-corrected chi connectivity index (χ3v) is 3.23. The number of hydrogen-bond acceptors (Lipinski definition) is 2. The molecule has 0 bridgehead atoms. The van der Waals surface area contributed by atoms with Crippen LogP contribution in [-0.4, -0.2) is 17.0 Å². The fraction of sp³-hybridized carbons (Fsp3) is 0.818. The van der Waals surface area contributed by atoms with Gasteiger partial charge in [0, 0.05) is 0 Å². The lowest BCUT2D eigenvalue weighted by molar-refractivity contribution is -0.152. The van der Waals surface area contributed by atoms with Gasteiger partial charge in [0.15, 0.2) is 0 Å². The van der Waals surface area contributed by atoms with Gasteiger partial charge >= 0.3 is 5.97 Å². The molecule has 88 valence electrons. The molecule has 0 aliphatic heterocycles. The van der Waals surface area contributed by atoms with E-state index in [0.717, 1.165) is 0 Å². The molecule has 0 saturated carbocycles. The van der Waals surface area contributed by atoms with Gasteiger partial charge < -0.3 is 10.8 Å². The van der Waals surface area contributed by atoms with Gasteiger partial charge in [0.25, 0.3) is 0 Å². The molecule has 0 heterocycles. The lowest BCUT2D eigenvalue weighted by atomic mass is 9.69. The fourth-order valence-corrected chi connectivity index (χ4v) is 1.87. The van der Waals surface area contributed by atoms with Gasteiger partial charge in [-0.3, -0.25) is 9.59 Å². The topological polar surface area (TPSA) is 80.4 Å². The number of nitrogens with two attached hydrogens (primary N) is 1. The molecule has 15 heavy (non-hydrogen) atoms. The molecule has 2 unspecified atom stereocenters. The Labute approximate surface area is 90.8 Å². The number of hydrogen-bond donors (Lipinski definition) is 2. The van der Waals surface area contributed by atoms with Gasteiger partial charge in [-0.25, -0.2) is 0 Å². The Morgan fingerprint density at radius 2 is 1.80 bits per heavy atom. The molecule has 4 nitrogen and oxygen atoms in total. The average Bonchev–Trinajstić information content (AvgIpc) is 2.12. The number of primary amides is 1. The molecule has 4 heteroatoms. The molecular formula is C11H21NO3. The van der Waals surface area contributed by atoms with Crippen LogP contribution < -0.4 is 5.73 Å². The van der Waals surface area contributed by atoms with Crippen LogP contribution in [-0.2, 0) is 9.59 Å². The maximum atomic E-state index is 11.2. The van der Waals surface area contributed by atoms with E-state index in [2.05, 4.69) is 0 Å². The van der Waals surface area contributed by atoms with E-state index in [-0.39, 0.29) is 0 Å². The zero-order valence-electron chi connectivity index (χ0n) is 9.91. The standard InChI is InChI=1S/C11H21NO3/c1-5-7(9(12)13)8(10(14)15)11(3,4)6-2/h7-8H,5-6H2,1-4H3,(H2,12,13)(H,14,15). The van der Waals surface area contributed by atoms with Gasteiger partial charge in [-0.05, 0) is 11.8 Å². The second kappa shape index (κ2) is 5.14. The maximum Gasteiger partial charge on any atom is 0.307 e. The van der Waals surface area contributed by atoms with Crippen molar-refractivity contribution in [2.24, 2.45) is 23.0 Å². The van der Waals surface area contributed by atoms with Crippen LogP contribution in [0.2, 0.25) is 0 Å². The van der Waals surface area contributed by atoms with E-state index < -0.39 is 29.1 Å². The highest BCUT2D eigenvalue weighted by molar-refractivity contribution is 5.83. The van der Waals surface area contributed by atoms with E-state index in [1.807, 2.05) is 20.8 Å². The first-order valence-corrected chi connectivity index (χ1v) is 5.30. The number of rotatable bonds is 6. The normalized spacial score (nSPS) is 15.7. The Hall–Kier alpha value is -1.06. The molecule has 1 amide bonds. The summed E-state index contributed by atoms with van der Waals surface area (Å²) in [6.45, 7) is 7.43. The molecule has 0 aromatic carbocycles. The second-order valence-corrected chi connectivity index (χ2v) is 4.58. The molecule has 0 radical (unpaired) electrons. The van der Waals surface area contributed by atoms with Crippen LogP contribution >= 0.6 is 0 Å². The predicted molar refractivity (Wildman–Crippen MR) is 58.2 cm³/mol. The zero-order chi connectivity index (χ0) is 12.2.